The Morgan fingerprint density at radius 1 is 0.914 bits per heavy atom. The summed E-state index contributed by atoms with van der Waals surface area (Å²) >= 11 is 0. The number of ether oxygens (including phenoxy) is 1. The second kappa shape index (κ2) is 11.3. The lowest BCUT2D eigenvalue weighted by Gasteiger charge is -2.36. The normalized spacial score (nSPS) is 22.2. The summed E-state index contributed by atoms with van der Waals surface area (Å²) in [6, 6.07) is 12.2. The van der Waals surface area contributed by atoms with Crippen LogP contribution in [0.1, 0.15) is 59.2 Å². The molecule has 3 amide bonds. The van der Waals surface area contributed by atoms with Gasteiger partial charge in [0.25, 0.3) is 11.8 Å². The quantitative estimate of drug-likeness (QED) is 0.661. The molecule has 1 heterocycles. The lowest BCUT2D eigenvalue weighted by atomic mass is 9.88. The number of rotatable bonds is 6. The Kier molecular flexibility index (Phi) is 8.00. The van der Waals surface area contributed by atoms with E-state index in [4.69, 9.17) is 4.74 Å². The van der Waals surface area contributed by atoms with Crippen molar-refractivity contribution < 1.29 is 23.5 Å². The summed E-state index contributed by atoms with van der Waals surface area (Å²) in [7, 11) is 1.58. The van der Waals surface area contributed by atoms with E-state index >= 15 is 0 Å². The monoisotopic (exact) mass is 481 g/mol. The van der Waals surface area contributed by atoms with Crippen LogP contribution in [0.15, 0.2) is 48.5 Å². The molecule has 4 rings (SSSR count). The van der Waals surface area contributed by atoms with Crippen molar-refractivity contribution in [3.8, 4) is 5.75 Å². The van der Waals surface area contributed by atoms with Crippen molar-refractivity contribution in [2.45, 2.75) is 50.6 Å². The number of carbonyl (C=O) groups excluding carboxylic acids is 3. The van der Waals surface area contributed by atoms with Crippen LogP contribution < -0.4 is 15.4 Å². The van der Waals surface area contributed by atoms with Crippen molar-refractivity contribution in [2.24, 2.45) is 5.92 Å². The van der Waals surface area contributed by atoms with Gasteiger partial charge < -0.3 is 20.3 Å². The smallest absolute Gasteiger partial charge is 0.253 e. The van der Waals surface area contributed by atoms with Crippen LogP contribution in [0.2, 0.25) is 0 Å². The van der Waals surface area contributed by atoms with E-state index in [2.05, 4.69) is 10.6 Å². The van der Waals surface area contributed by atoms with Gasteiger partial charge in [-0.2, -0.15) is 0 Å². The predicted molar refractivity (Wildman–Crippen MR) is 130 cm³/mol. The van der Waals surface area contributed by atoms with Crippen LogP contribution in [-0.2, 0) is 4.79 Å². The van der Waals surface area contributed by atoms with Crippen LogP contribution in [0.5, 0.6) is 5.75 Å². The first-order valence-electron chi connectivity index (χ1n) is 12.2. The minimum atomic E-state index is -0.456. The average molecular weight is 482 g/mol. The van der Waals surface area contributed by atoms with Crippen LogP contribution in [0.4, 0.5) is 4.39 Å². The maximum absolute atomic E-state index is 13.6. The number of benzene rings is 2. The molecule has 0 bridgehead atoms. The third-order valence-corrected chi connectivity index (χ3v) is 6.91. The molecule has 1 unspecified atom stereocenters. The molecule has 186 valence electrons. The molecule has 1 aliphatic heterocycles. The van der Waals surface area contributed by atoms with Crippen LogP contribution in [-0.4, -0.2) is 54.9 Å². The number of carbonyl (C=O) groups is 3. The molecular formula is C27H32FN3O4. The molecule has 0 aromatic heterocycles. The van der Waals surface area contributed by atoms with Crippen LogP contribution in [0.25, 0.3) is 0 Å². The summed E-state index contributed by atoms with van der Waals surface area (Å²) in [5.74, 6) is -0.643. The van der Waals surface area contributed by atoms with E-state index in [0.717, 1.165) is 25.7 Å². The van der Waals surface area contributed by atoms with Gasteiger partial charge in [-0.25, -0.2) is 4.39 Å². The largest absolute Gasteiger partial charge is 0.497 e. The summed E-state index contributed by atoms with van der Waals surface area (Å²) in [6.45, 7) is 0.847. The van der Waals surface area contributed by atoms with Crippen molar-refractivity contribution >= 4 is 17.7 Å². The number of nitrogens with zero attached hydrogens (tertiary/aromatic N) is 1. The van der Waals surface area contributed by atoms with Gasteiger partial charge in [-0.05, 0) is 68.1 Å². The number of hydrogen-bond acceptors (Lipinski definition) is 4. The fourth-order valence-electron chi connectivity index (χ4n) is 4.95. The van der Waals surface area contributed by atoms with E-state index in [1.54, 1.807) is 42.3 Å². The van der Waals surface area contributed by atoms with Crippen molar-refractivity contribution in [3.63, 3.8) is 0 Å². The highest BCUT2D eigenvalue weighted by Gasteiger charge is 2.33. The van der Waals surface area contributed by atoms with E-state index in [1.165, 1.54) is 18.2 Å². The molecule has 1 saturated heterocycles. The summed E-state index contributed by atoms with van der Waals surface area (Å²) < 4.78 is 18.7. The number of piperidine rings is 1. The topological polar surface area (TPSA) is 87.7 Å². The third kappa shape index (κ3) is 6.18. The molecule has 3 atom stereocenters. The first kappa shape index (κ1) is 24.7. The van der Waals surface area contributed by atoms with E-state index in [0.29, 0.717) is 42.8 Å². The summed E-state index contributed by atoms with van der Waals surface area (Å²) in [5, 5.41) is 6.24. The van der Waals surface area contributed by atoms with Gasteiger partial charge in [0.05, 0.1) is 13.0 Å². The van der Waals surface area contributed by atoms with E-state index in [9.17, 15) is 18.8 Å². The number of methoxy groups -OCH3 is 1. The second-order valence-corrected chi connectivity index (χ2v) is 9.31. The maximum Gasteiger partial charge on any atom is 0.253 e. The van der Waals surface area contributed by atoms with Crippen molar-refractivity contribution in [1.29, 1.82) is 0 Å². The van der Waals surface area contributed by atoms with Gasteiger partial charge in [0.15, 0.2) is 0 Å². The highest BCUT2D eigenvalue weighted by molar-refractivity contribution is 5.95. The summed E-state index contributed by atoms with van der Waals surface area (Å²) in [4.78, 5) is 40.4. The molecule has 2 aromatic rings. The predicted octanol–water partition coefficient (Wildman–Crippen LogP) is 3.54. The highest BCUT2D eigenvalue weighted by Crippen LogP contribution is 2.23. The van der Waals surface area contributed by atoms with Gasteiger partial charge in [0, 0.05) is 36.3 Å². The molecule has 0 spiro atoms. The standard InChI is InChI=1S/C27H32FN3O4/c1-35-22-13-11-18(12-14-22)25(32)29-23-9-2-3-10-24(23)30-26(33)20-7-5-15-31(17-20)27(34)19-6-4-8-21(28)16-19/h4,6,8,11-14,16,20,23-24H,2-3,5,7,9-10,15,17H2,1H3,(H,29,32)(H,30,33)/t20?,23-,24-/m1/s1. The molecule has 2 aromatic carbocycles. The first-order chi connectivity index (χ1) is 16.9. The average Bonchev–Trinajstić information content (AvgIpc) is 2.89. The van der Waals surface area contributed by atoms with Crippen molar-refractivity contribution in [2.75, 3.05) is 20.2 Å². The Labute approximate surface area is 205 Å². The Morgan fingerprint density at radius 2 is 1.63 bits per heavy atom. The molecular weight excluding hydrogens is 449 g/mol. The molecule has 2 aliphatic rings. The molecule has 0 radical (unpaired) electrons. The zero-order valence-corrected chi connectivity index (χ0v) is 20.0. The fourth-order valence-corrected chi connectivity index (χ4v) is 4.95. The number of amides is 3. The number of hydrogen-bond donors (Lipinski definition) is 2. The summed E-state index contributed by atoms with van der Waals surface area (Å²) in [5.41, 5.74) is 0.833. The van der Waals surface area contributed by atoms with Gasteiger partial charge in [0.2, 0.25) is 5.91 Å². The van der Waals surface area contributed by atoms with Gasteiger partial charge in [-0.15, -0.1) is 0 Å². The molecule has 2 N–H and O–H groups in total. The number of likely N-dealkylation sites (tertiary alicyclic amines) is 1. The molecule has 1 aliphatic carbocycles. The van der Waals surface area contributed by atoms with Crippen LogP contribution in [0, 0.1) is 11.7 Å². The molecule has 35 heavy (non-hydrogen) atoms. The van der Waals surface area contributed by atoms with Crippen molar-refractivity contribution in [3.05, 3.63) is 65.5 Å². The summed E-state index contributed by atoms with van der Waals surface area (Å²) in [6.07, 6.45) is 4.95. The number of halogens is 1. The van der Waals surface area contributed by atoms with Crippen LogP contribution >= 0.6 is 0 Å². The van der Waals surface area contributed by atoms with Gasteiger partial charge in [-0.3, -0.25) is 14.4 Å². The zero-order chi connectivity index (χ0) is 24.8. The SMILES string of the molecule is COc1ccc(C(=O)N[C@@H]2CCCC[C@H]2NC(=O)C2CCCN(C(=O)c3cccc(F)c3)C2)cc1. The minimum Gasteiger partial charge on any atom is -0.497 e. The lowest BCUT2D eigenvalue weighted by molar-refractivity contribution is -0.127. The van der Waals surface area contributed by atoms with E-state index < -0.39 is 5.82 Å². The van der Waals surface area contributed by atoms with E-state index in [-0.39, 0.29) is 35.7 Å². The third-order valence-electron chi connectivity index (χ3n) is 6.91. The highest BCUT2D eigenvalue weighted by atomic mass is 19.1. The van der Waals surface area contributed by atoms with Gasteiger partial charge >= 0.3 is 0 Å². The van der Waals surface area contributed by atoms with Gasteiger partial charge in [-0.1, -0.05) is 18.9 Å². The van der Waals surface area contributed by atoms with E-state index in [1.807, 2.05) is 0 Å². The Bertz CT molecular complexity index is 1060. The molecule has 2 fully saturated rings. The molecule has 8 heteroatoms. The zero-order valence-electron chi connectivity index (χ0n) is 20.0. The molecule has 1 saturated carbocycles. The van der Waals surface area contributed by atoms with Crippen molar-refractivity contribution in [1.82, 2.24) is 15.5 Å². The molecule has 7 nitrogen and oxygen atoms in total. The van der Waals surface area contributed by atoms with Crippen LogP contribution in [0.3, 0.4) is 0 Å². The van der Waals surface area contributed by atoms with Gasteiger partial charge in [0.1, 0.15) is 11.6 Å². The Balaban J connectivity index is 1.36. The Hall–Kier alpha value is -3.42. The maximum atomic E-state index is 13.6. The minimum absolute atomic E-state index is 0.0997. The Morgan fingerprint density at radius 3 is 2.31 bits per heavy atom. The first-order valence-corrected chi connectivity index (χ1v) is 12.2. The number of nitrogens with one attached hydrogen (secondary N) is 2. The fraction of sp³-hybridized carbons (Fsp3) is 0.444. The lowest BCUT2D eigenvalue weighted by Crippen LogP contribution is -2.55. The second-order valence-electron chi connectivity index (χ2n) is 9.31.